The number of carbonyl (C=O) groups excluding carboxylic acids is 2. The van der Waals surface area contributed by atoms with E-state index in [2.05, 4.69) is 10.5 Å². The number of rotatable bonds is 8. The maximum Gasteiger partial charge on any atom is 0.343 e. The molecule has 7 nitrogen and oxygen atoms in total. The van der Waals surface area contributed by atoms with E-state index in [0.717, 1.165) is 16.3 Å². The van der Waals surface area contributed by atoms with Crippen LogP contribution >= 0.6 is 0 Å². The molecule has 1 amide bonds. The minimum Gasteiger partial charge on any atom is -0.497 e. The summed E-state index contributed by atoms with van der Waals surface area (Å²) < 4.78 is 16.0. The Balaban J connectivity index is 1.24. The average molecular weight is 454 g/mol. The van der Waals surface area contributed by atoms with E-state index >= 15 is 0 Å². The Labute approximate surface area is 196 Å². The number of hydrogen-bond acceptors (Lipinski definition) is 6. The molecule has 0 bridgehead atoms. The van der Waals surface area contributed by atoms with Gasteiger partial charge in [-0.2, -0.15) is 5.10 Å². The fourth-order valence-electron chi connectivity index (χ4n) is 3.13. The van der Waals surface area contributed by atoms with Crippen molar-refractivity contribution in [3.05, 3.63) is 102 Å². The van der Waals surface area contributed by atoms with Crippen LogP contribution in [0.15, 0.2) is 96.1 Å². The predicted octanol–water partition coefficient (Wildman–Crippen LogP) is 4.60. The summed E-state index contributed by atoms with van der Waals surface area (Å²) in [5.74, 6) is 0.813. The molecule has 7 heteroatoms. The molecule has 0 atom stereocenters. The highest BCUT2D eigenvalue weighted by Gasteiger charge is 2.08. The third-order valence-corrected chi connectivity index (χ3v) is 4.91. The van der Waals surface area contributed by atoms with Gasteiger partial charge in [-0.1, -0.05) is 30.3 Å². The van der Waals surface area contributed by atoms with Gasteiger partial charge in [0.15, 0.2) is 6.61 Å². The summed E-state index contributed by atoms with van der Waals surface area (Å²) in [6, 6.07) is 26.9. The number of methoxy groups -OCH3 is 1. The minimum atomic E-state index is -0.470. The number of ether oxygens (including phenoxy) is 3. The monoisotopic (exact) mass is 454 g/mol. The van der Waals surface area contributed by atoms with Crippen LogP contribution in [0.1, 0.15) is 15.9 Å². The highest BCUT2D eigenvalue weighted by atomic mass is 16.5. The largest absolute Gasteiger partial charge is 0.497 e. The lowest BCUT2D eigenvalue weighted by Crippen LogP contribution is -2.24. The van der Waals surface area contributed by atoms with Crippen LogP contribution in [-0.4, -0.2) is 31.8 Å². The van der Waals surface area contributed by atoms with Gasteiger partial charge in [0.05, 0.1) is 18.9 Å². The Morgan fingerprint density at radius 1 is 0.824 bits per heavy atom. The predicted molar refractivity (Wildman–Crippen MR) is 130 cm³/mol. The van der Waals surface area contributed by atoms with Gasteiger partial charge in [-0.15, -0.1) is 0 Å². The number of hydrazone groups is 1. The van der Waals surface area contributed by atoms with Crippen LogP contribution in [0.4, 0.5) is 0 Å². The zero-order valence-corrected chi connectivity index (χ0v) is 18.4. The molecule has 0 aliphatic rings. The normalized spacial score (nSPS) is 10.7. The van der Waals surface area contributed by atoms with Crippen molar-refractivity contribution in [3.63, 3.8) is 0 Å². The Kier molecular flexibility index (Phi) is 7.15. The topological polar surface area (TPSA) is 86.2 Å². The Morgan fingerprint density at radius 2 is 1.50 bits per heavy atom. The van der Waals surface area contributed by atoms with Crippen molar-refractivity contribution in [1.29, 1.82) is 0 Å². The van der Waals surface area contributed by atoms with Crippen LogP contribution < -0.4 is 19.6 Å². The lowest BCUT2D eigenvalue weighted by Gasteiger charge is -2.06. The molecular weight excluding hydrogens is 432 g/mol. The zero-order valence-electron chi connectivity index (χ0n) is 18.4. The highest BCUT2D eigenvalue weighted by Crippen LogP contribution is 2.20. The van der Waals surface area contributed by atoms with E-state index in [4.69, 9.17) is 14.2 Å². The second-order valence-corrected chi connectivity index (χ2v) is 7.28. The van der Waals surface area contributed by atoms with Crippen molar-refractivity contribution in [1.82, 2.24) is 5.43 Å². The number of nitrogens with zero attached hydrogens (tertiary/aromatic N) is 1. The molecule has 0 saturated carbocycles. The molecule has 0 spiro atoms. The van der Waals surface area contributed by atoms with Crippen molar-refractivity contribution in [2.75, 3.05) is 13.7 Å². The molecule has 4 aromatic carbocycles. The van der Waals surface area contributed by atoms with E-state index in [0.29, 0.717) is 22.8 Å². The Morgan fingerprint density at radius 3 is 2.24 bits per heavy atom. The molecule has 0 unspecified atom stereocenters. The van der Waals surface area contributed by atoms with Crippen molar-refractivity contribution in [2.24, 2.45) is 5.10 Å². The number of nitrogens with one attached hydrogen (secondary N) is 1. The smallest absolute Gasteiger partial charge is 0.343 e. The number of fused-ring (bicyclic) bond motifs is 1. The summed E-state index contributed by atoms with van der Waals surface area (Å²) in [5, 5.41) is 6.07. The molecule has 4 rings (SSSR count). The first-order chi connectivity index (χ1) is 16.6. The van der Waals surface area contributed by atoms with Crippen LogP contribution in [0.5, 0.6) is 17.2 Å². The molecule has 0 fully saturated rings. The number of esters is 1. The summed E-state index contributed by atoms with van der Waals surface area (Å²) >= 11 is 0. The van der Waals surface area contributed by atoms with Crippen LogP contribution in [0, 0.1) is 0 Å². The van der Waals surface area contributed by atoms with E-state index in [9.17, 15) is 9.59 Å². The molecule has 0 radical (unpaired) electrons. The van der Waals surface area contributed by atoms with E-state index in [1.807, 2.05) is 42.5 Å². The SMILES string of the molecule is COc1ccc(C(=O)Oc2ccc(/C=N\NC(=O)COc3ccc4ccccc4c3)cc2)cc1. The molecule has 170 valence electrons. The second-order valence-electron chi connectivity index (χ2n) is 7.28. The van der Waals surface area contributed by atoms with Crippen LogP contribution in [0.25, 0.3) is 10.8 Å². The third-order valence-electron chi connectivity index (χ3n) is 4.91. The molecule has 0 aromatic heterocycles. The van der Waals surface area contributed by atoms with Gasteiger partial charge in [0.25, 0.3) is 5.91 Å². The fraction of sp³-hybridized carbons (Fsp3) is 0.0741. The van der Waals surface area contributed by atoms with E-state index in [-0.39, 0.29) is 12.5 Å². The molecule has 1 N–H and O–H groups in total. The van der Waals surface area contributed by atoms with Gasteiger partial charge < -0.3 is 14.2 Å². The minimum absolute atomic E-state index is 0.157. The zero-order chi connectivity index (χ0) is 23.8. The second kappa shape index (κ2) is 10.8. The van der Waals surface area contributed by atoms with Gasteiger partial charge in [0, 0.05) is 0 Å². The average Bonchev–Trinajstić information content (AvgIpc) is 2.88. The number of hydrogen-bond donors (Lipinski definition) is 1. The summed E-state index contributed by atoms with van der Waals surface area (Å²) in [7, 11) is 1.56. The van der Waals surface area contributed by atoms with Gasteiger partial charge in [-0.25, -0.2) is 10.2 Å². The summed E-state index contributed by atoms with van der Waals surface area (Å²) in [4.78, 5) is 24.2. The Bertz CT molecular complexity index is 1320. The molecule has 0 aliphatic carbocycles. The molecule has 0 aliphatic heterocycles. The number of amides is 1. The van der Waals surface area contributed by atoms with Gasteiger partial charge in [0.1, 0.15) is 17.2 Å². The molecule has 0 saturated heterocycles. The van der Waals surface area contributed by atoms with Gasteiger partial charge in [-0.05, 0) is 77.0 Å². The number of carbonyl (C=O) groups is 2. The van der Waals surface area contributed by atoms with Crippen LogP contribution in [0.3, 0.4) is 0 Å². The third kappa shape index (κ3) is 5.98. The lowest BCUT2D eigenvalue weighted by atomic mass is 10.1. The van der Waals surface area contributed by atoms with Gasteiger partial charge >= 0.3 is 5.97 Å². The van der Waals surface area contributed by atoms with Gasteiger partial charge in [0.2, 0.25) is 0 Å². The van der Waals surface area contributed by atoms with Gasteiger partial charge in [-0.3, -0.25) is 4.79 Å². The maximum absolute atomic E-state index is 12.2. The summed E-state index contributed by atoms with van der Waals surface area (Å²) in [6.07, 6.45) is 1.49. The lowest BCUT2D eigenvalue weighted by molar-refractivity contribution is -0.123. The summed E-state index contributed by atoms with van der Waals surface area (Å²) in [6.45, 7) is -0.157. The van der Waals surface area contributed by atoms with Crippen LogP contribution in [-0.2, 0) is 4.79 Å². The highest BCUT2D eigenvalue weighted by molar-refractivity contribution is 5.91. The van der Waals surface area contributed by atoms with E-state index in [1.54, 1.807) is 55.6 Å². The van der Waals surface area contributed by atoms with Crippen molar-refractivity contribution >= 4 is 28.9 Å². The maximum atomic E-state index is 12.2. The first kappa shape index (κ1) is 22.5. The number of benzene rings is 4. The van der Waals surface area contributed by atoms with Crippen molar-refractivity contribution in [3.8, 4) is 17.2 Å². The molecule has 34 heavy (non-hydrogen) atoms. The molecule has 0 heterocycles. The van der Waals surface area contributed by atoms with Crippen molar-refractivity contribution in [2.45, 2.75) is 0 Å². The quantitative estimate of drug-likeness (QED) is 0.182. The van der Waals surface area contributed by atoms with Crippen molar-refractivity contribution < 1.29 is 23.8 Å². The fourth-order valence-corrected chi connectivity index (χ4v) is 3.13. The first-order valence-electron chi connectivity index (χ1n) is 10.5. The summed E-state index contributed by atoms with van der Waals surface area (Å²) in [5.41, 5.74) is 3.57. The Hall–Kier alpha value is -4.65. The van der Waals surface area contributed by atoms with E-state index in [1.165, 1.54) is 6.21 Å². The molecule has 4 aromatic rings. The van der Waals surface area contributed by atoms with Crippen LogP contribution in [0.2, 0.25) is 0 Å². The molecular formula is C27H22N2O5. The first-order valence-corrected chi connectivity index (χ1v) is 10.5. The van der Waals surface area contributed by atoms with E-state index < -0.39 is 5.97 Å². The standard InChI is InChI=1S/C27H22N2O5/c1-32-23-13-9-21(10-14-23)27(31)34-24-11-6-19(7-12-24)17-28-29-26(30)18-33-25-15-8-20-4-2-3-5-22(20)16-25/h2-17H,18H2,1H3,(H,29,30)/b28-17-.